The van der Waals surface area contributed by atoms with Crippen molar-refractivity contribution in [2.75, 3.05) is 33.2 Å². The van der Waals surface area contributed by atoms with Gasteiger partial charge in [-0.1, -0.05) is 0 Å². The summed E-state index contributed by atoms with van der Waals surface area (Å²) in [5.41, 5.74) is 1.91. The highest BCUT2D eigenvalue weighted by molar-refractivity contribution is 7.58. The summed E-state index contributed by atoms with van der Waals surface area (Å²) in [5.74, 6) is 2.64. The second-order valence-electron chi connectivity index (χ2n) is 9.90. The van der Waals surface area contributed by atoms with E-state index in [9.17, 15) is 8.96 Å². The van der Waals surface area contributed by atoms with Gasteiger partial charge in [0.15, 0.2) is 0 Å². The number of ether oxygens (including phenoxy) is 2. The van der Waals surface area contributed by atoms with Crippen LogP contribution in [0.1, 0.15) is 68.4 Å². The SMILES string of the molecule is CCOP(C)(=O)C[C@H](c1ccnc(OCC2CCC(c3cc(OC)ccc3F)CC2)c1)C1CC1. The first kappa shape index (κ1) is 25.2. The summed E-state index contributed by atoms with van der Waals surface area (Å²) in [6.45, 7) is 4.73. The molecule has 2 fully saturated rings. The van der Waals surface area contributed by atoms with E-state index in [1.165, 1.54) is 18.9 Å². The number of methoxy groups -OCH3 is 1. The summed E-state index contributed by atoms with van der Waals surface area (Å²) < 4.78 is 44.1. The zero-order valence-electron chi connectivity index (χ0n) is 20.5. The van der Waals surface area contributed by atoms with Crippen LogP contribution in [0.2, 0.25) is 0 Å². The van der Waals surface area contributed by atoms with Crippen molar-refractivity contribution in [2.24, 2.45) is 11.8 Å². The van der Waals surface area contributed by atoms with Gasteiger partial charge >= 0.3 is 0 Å². The van der Waals surface area contributed by atoms with E-state index in [2.05, 4.69) is 4.98 Å². The van der Waals surface area contributed by atoms with Gasteiger partial charge in [0.25, 0.3) is 0 Å². The highest BCUT2D eigenvalue weighted by Gasteiger charge is 2.36. The van der Waals surface area contributed by atoms with E-state index in [0.717, 1.165) is 36.8 Å². The van der Waals surface area contributed by atoms with Gasteiger partial charge in [0, 0.05) is 25.1 Å². The first-order valence-corrected chi connectivity index (χ1v) is 14.8. The third-order valence-electron chi connectivity index (χ3n) is 7.27. The number of hydrogen-bond donors (Lipinski definition) is 0. The molecule has 0 radical (unpaired) electrons. The Morgan fingerprint density at radius 2 is 1.88 bits per heavy atom. The largest absolute Gasteiger partial charge is 0.497 e. The molecule has 2 aromatic rings. The van der Waals surface area contributed by atoms with Gasteiger partial charge in [0.2, 0.25) is 13.2 Å². The fourth-order valence-electron chi connectivity index (χ4n) is 5.25. The summed E-state index contributed by atoms with van der Waals surface area (Å²) in [6, 6.07) is 9.05. The van der Waals surface area contributed by atoms with Crippen molar-refractivity contribution in [3.8, 4) is 11.6 Å². The fraction of sp³-hybridized carbons (Fsp3) is 0.593. The molecule has 7 heteroatoms. The molecule has 1 unspecified atom stereocenters. The highest BCUT2D eigenvalue weighted by Crippen LogP contribution is 2.53. The van der Waals surface area contributed by atoms with Crippen LogP contribution in [0, 0.1) is 17.7 Å². The van der Waals surface area contributed by atoms with Crippen LogP contribution < -0.4 is 9.47 Å². The Kier molecular flexibility index (Phi) is 8.31. The zero-order valence-corrected chi connectivity index (χ0v) is 21.4. The number of rotatable bonds is 11. The quantitative estimate of drug-likeness (QED) is 0.318. The predicted molar refractivity (Wildman–Crippen MR) is 133 cm³/mol. The standard InChI is InChI=1S/C27H37FNO4P/c1-4-33-34(3,30)18-25(21-9-10-21)22-13-14-29-27(15-22)32-17-19-5-7-20(8-6-19)24-16-23(31-2)11-12-26(24)28/h11-16,19-21,25H,4-10,17-18H2,1-3H3/t19?,20?,25-,34?/m0/s1. The summed E-state index contributed by atoms with van der Waals surface area (Å²) in [7, 11) is -1.00. The Balaban J connectivity index is 1.33. The Morgan fingerprint density at radius 1 is 1.12 bits per heavy atom. The van der Waals surface area contributed by atoms with Gasteiger partial charge in [-0.2, -0.15) is 0 Å². The molecule has 0 N–H and O–H groups in total. The summed E-state index contributed by atoms with van der Waals surface area (Å²) in [4.78, 5) is 4.43. The third kappa shape index (κ3) is 6.60. The van der Waals surface area contributed by atoms with Crippen molar-refractivity contribution >= 4 is 7.37 Å². The van der Waals surface area contributed by atoms with Gasteiger partial charge < -0.3 is 14.0 Å². The minimum absolute atomic E-state index is 0.146. The van der Waals surface area contributed by atoms with Crippen LogP contribution in [0.3, 0.4) is 0 Å². The van der Waals surface area contributed by atoms with Crippen molar-refractivity contribution in [2.45, 2.75) is 57.3 Å². The molecular formula is C27H37FNO4P. The molecule has 0 aliphatic heterocycles. The molecule has 2 saturated carbocycles. The lowest BCUT2D eigenvalue weighted by molar-refractivity contribution is 0.193. The average molecular weight is 490 g/mol. The summed E-state index contributed by atoms with van der Waals surface area (Å²) in [5, 5.41) is 0. The molecular weight excluding hydrogens is 452 g/mol. The lowest BCUT2D eigenvalue weighted by atomic mass is 9.79. The second-order valence-corrected chi connectivity index (χ2v) is 12.6. The molecule has 0 saturated heterocycles. The Labute approximate surface area is 202 Å². The Bertz CT molecular complexity index is 1000. The molecule has 2 aliphatic carbocycles. The van der Waals surface area contributed by atoms with Gasteiger partial charge in [0.05, 0.1) is 20.3 Å². The van der Waals surface area contributed by atoms with Crippen LogP contribution in [0.4, 0.5) is 4.39 Å². The van der Waals surface area contributed by atoms with E-state index >= 15 is 0 Å². The van der Waals surface area contributed by atoms with Crippen molar-refractivity contribution in [3.05, 3.63) is 53.5 Å². The second kappa shape index (κ2) is 11.2. The third-order valence-corrected chi connectivity index (χ3v) is 9.13. The van der Waals surface area contributed by atoms with Crippen molar-refractivity contribution in [1.82, 2.24) is 4.98 Å². The molecule has 2 atom stereocenters. The smallest absolute Gasteiger partial charge is 0.213 e. The Hall–Kier alpha value is -1.91. The monoisotopic (exact) mass is 489 g/mol. The first-order valence-electron chi connectivity index (χ1n) is 12.5. The van der Waals surface area contributed by atoms with Crippen molar-refractivity contribution in [1.29, 1.82) is 0 Å². The maximum absolute atomic E-state index is 14.4. The minimum Gasteiger partial charge on any atom is -0.497 e. The molecule has 0 amide bonds. The van der Waals surface area contributed by atoms with Gasteiger partial charge in [-0.25, -0.2) is 9.37 Å². The van der Waals surface area contributed by atoms with Crippen LogP contribution in [-0.2, 0) is 9.09 Å². The van der Waals surface area contributed by atoms with Gasteiger partial charge in [-0.15, -0.1) is 0 Å². The van der Waals surface area contributed by atoms with Crippen LogP contribution in [0.5, 0.6) is 11.6 Å². The molecule has 4 rings (SSSR count). The first-order chi connectivity index (χ1) is 16.4. The minimum atomic E-state index is -2.62. The van der Waals surface area contributed by atoms with E-state index < -0.39 is 7.37 Å². The fourth-order valence-corrected chi connectivity index (χ4v) is 7.12. The number of hydrogen-bond acceptors (Lipinski definition) is 5. The van der Waals surface area contributed by atoms with E-state index in [0.29, 0.717) is 42.8 Å². The number of nitrogens with zero attached hydrogens (tertiary/aromatic N) is 1. The van der Waals surface area contributed by atoms with Gasteiger partial charge in [0.1, 0.15) is 11.6 Å². The number of halogens is 1. The number of aromatic nitrogens is 1. The van der Waals surface area contributed by atoms with E-state index in [1.807, 2.05) is 25.1 Å². The van der Waals surface area contributed by atoms with E-state index in [4.69, 9.17) is 14.0 Å². The molecule has 0 spiro atoms. The van der Waals surface area contributed by atoms with Crippen molar-refractivity contribution < 1.29 is 23.0 Å². The summed E-state index contributed by atoms with van der Waals surface area (Å²) in [6.07, 6.45) is 8.59. The lowest BCUT2D eigenvalue weighted by Gasteiger charge is -2.29. The molecule has 0 bridgehead atoms. The number of benzene rings is 1. The molecule has 5 nitrogen and oxygen atoms in total. The van der Waals surface area contributed by atoms with Crippen LogP contribution in [-0.4, -0.2) is 38.1 Å². The van der Waals surface area contributed by atoms with Crippen LogP contribution in [0.25, 0.3) is 0 Å². The van der Waals surface area contributed by atoms with E-state index in [1.54, 1.807) is 26.0 Å². The van der Waals surface area contributed by atoms with E-state index in [-0.39, 0.29) is 17.7 Å². The molecule has 2 aliphatic rings. The normalized spacial score (nSPS) is 23.2. The molecule has 186 valence electrons. The average Bonchev–Trinajstić information content (AvgIpc) is 3.68. The van der Waals surface area contributed by atoms with Crippen LogP contribution in [0.15, 0.2) is 36.5 Å². The Morgan fingerprint density at radius 3 is 2.56 bits per heavy atom. The lowest BCUT2D eigenvalue weighted by Crippen LogP contribution is -2.20. The van der Waals surface area contributed by atoms with Gasteiger partial charge in [-0.3, -0.25) is 4.57 Å². The topological polar surface area (TPSA) is 57.7 Å². The summed E-state index contributed by atoms with van der Waals surface area (Å²) >= 11 is 0. The molecule has 1 aromatic heterocycles. The van der Waals surface area contributed by atoms with Gasteiger partial charge in [-0.05, 0) is 105 Å². The maximum atomic E-state index is 14.4. The van der Waals surface area contributed by atoms with Crippen LogP contribution >= 0.6 is 7.37 Å². The molecule has 1 heterocycles. The van der Waals surface area contributed by atoms with Crippen molar-refractivity contribution in [3.63, 3.8) is 0 Å². The predicted octanol–water partition coefficient (Wildman–Crippen LogP) is 7.02. The molecule has 1 aromatic carbocycles. The zero-order chi connectivity index (χ0) is 24.1. The molecule has 34 heavy (non-hydrogen) atoms. The number of pyridine rings is 1. The maximum Gasteiger partial charge on any atom is 0.213 e. The highest BCUT2D eigenvalue weighted by atomic mass is 31.2.